The van der Waals surface area contributed by atoms with Gasteiger partial charge in [0.25, 0.3) is 0 Å². The third-order valence-electron chi connectivity index (χ3n) is 10.8. The van der Waals surface area contributed by atoms with Crippen LogP contribution in [-0.2, 0) is 9.47 Å². The van der Waals surface area contributed by atoms with Crippen molar-refractivity contribution < 1.29 is 14.3 Å². The van der Waals surface area contributed by atoms with Gasteiger partial charge in [0.2, 0.25) is 0 Å². The Kier molecular flexibility index (Phi) is 8.43. The SMILES string of the molecule is C=C(C)COC(=O)O[C@H]1CC[C@]2(C)C(=CC[C@H]3[C@H]4CC[C@H](CCCCCC(C)C)[C@@]4(C)CC[C@@H]32)C1. The molecule has 0 amide bonds. The Labute approximate surface area is 215 Å². The van der Waals surface area contributed by atoms with Crippen LogP contribution in [0.25, 0.3) is 0 Å². The van der Waals surface area contributed by atoms with Gasteiger partial charge in [0.15, 0.2) is 0 Å². The van der Waals surface area contributed by atoms with Crippen LogP contribution in [0.1, 0.15) is 118 Å². The van der Waals surface area contributed by atoms with Crippen molar-refractivity contribution in [1.82, 2.24) is 0 Å². The lowest BCUT2D eigenvalue weighted by Gasteiger charge is -2.58. The van der Waals surface area contributed by atoms with Gasteiger partial charge in [-0.3, -0.25) is 0 Å². The minimum Gasteiger partial charge on any atom is -0.431 e. The van der Waals surface area contributed by atoms with Gasteiger partial charge < -0.3 is 9.47 Å². The molecule has 7 atom stereocenters. The number of ether oxygens (including phenoxy) is 2. The van der Waals surface area contributed by atoms with E-state index in [1.807, 2.05) is 6.92 Å². The summed E-state index contributed by atoms with van der Waals surface area (Å²) in [6, 6.07) is 0. The quantitative estimate of drug-likeness (QED) is 0.186. The van der Waals surface area contributed by atoms with Crippen molar-refractivity contribution >= 4 is 6.16 Å². The molecule has 0 aliphatic heterocycles. The van der Waals surface area contributed by atoms with Crippen LogP contribution in [0.3, 0.4) is 0 Å². The van der Waals surface area contributed by atoms with E-state index in [-0.39, 0.29) is 12.7 Å². The van der Waals surface area contributed by atoms with Gasteiger partial charge in [-0.1, -0.05) is 71.6 Å². The Hall–Kier alpha value is -1.25. The van der Waals surface area contributed by atoms with Crippen LogP contribution >= 0.6 is 0 Å². The molecular formula is C32H52O3. The van der Waals surface area contributed by atoms with Crippen LogP contribution < -0.4 is 0 Å². The highest BCUT2D eigenvalue weighted by Crippen LogP contribution is 2.66. The first-order valence-electron chi connectivity index (χ1n) is 14.8. The summed E-state index contributed by atoms with van der Waals surface area (Å²) in [5.41, 5.74) is 3.25. The Balaban J connectivity index is 1.35. The van der Waals surface area contributed by atoms with Gasteiger partial charge in [0, 0.05) is 6.42 Å². The van der Waals surface area contributed by atoms with Gasteiger partial charge >= 0.3 is 6.16 Å². The second-order valence-corrected chi connectivity index (χ2v) is 13.6. The van der Waals surface area contributed by atoms with Crippen LogP contribution in [0.4, 0.5) is 4.79 Å². The Morgan fingerprint density at radius 3 is 2.63 bits per heavy atom. The van der Waals surface area contributed by atoms with Crippen molar-refractivity contribution in [2.24, 2.45) is 40.4 Å². The molecule has 0 bridgehead atoms. The molecule has 3 saturated carbocycles. The van der Waals surface area contributed by atoms with E-state index >= 15 is 0 Å². The predicted molar refractivity (Wildman–Crippen MR) is 144 cm³/mol. The van der Waals surface area contributed by atoms with Crippen LogP contribution in [0.15, 0.2) is 23.8 Å². The zero-order chi connectivity index (χ0) is 25.2. The van der Waals surface area contributed by atoms with Crippen molar-refractivity contribution in [3.8, 4) is 0 Å². The van der Waals surface area contributed by atoms with Gasteiger partial charge in [-0.25, -0.2) is 4.79 Å². The highest BCUT2D eigenvalue weighted by atomic mass is 16.7. The van der Waals surface area contributed by atoms with E-state index in [1.54, 1.807) is 5.57 Å². The lowest BCUT2D eigenvalue weighted by Crippen LogP contribution is -2.50. The summed E-state index contributed by atoms with van der Waals surface area (Å²) in [6.07, 6.45) is 19.1. The zero-order valence-corrected chi connectivity index (χ0v) is 23.4. The molecule has 0 aromatic rings. The fourth-order valence-electron chi connectivity index (χ4n) is 8.78. The minimum atomic E-state index is -0.537. The molecule has 3 nitrogen and oxygen atoms in total. The van der Waals surface area contributed by atoms with E-state index in [0.717, 1.165) is 54.4 Å². The summed E-state index contributed by atoms with van der Waals surface area (Å²) in [4.78, 5) is 12.1. The van der Waals surface area contributed by atoms with E-state index in [0.29, 0.717) is 10.8 Å². The van der Waals surface area contributed by atoms with Crippen molar-refractivity contribution in [2.75, 3.05) is 6.61 Å². The first kappa shape index (κ1) is 26.8. The molecule has 0 aromatic carbocycles. The predicted octanol–water partition coefficient (Wildman–Crippen LogP) is 9.27. The van der Waals surface area contributed by atoms with Gasteiger partial charge in [-0.05, 0) is 104 Å². The second-order valence-electron chi connectivity index (χ2n) is 13.6. The largest absolute Gasteiger partial charge is 0.508 e. The number of hydrogen-bond donors (Lipinski definition) is 0. The molecule has 0 unspecified atom stereocenters. The highest BCUT2D eigenvalue weighted by molar-refractivity contribution is 5.60. The topological polar surface area (TPSA) is 35.5 Å². The average Bonchev–Trinajstić information content (AvgIpc) is 3.14. The third kappa shape index (κ3) is 5.69. The van der Waals surface area contributed by atoms with Crippen molar-refractivity contribution in [3.05, 3.63) is 23.8 Å². The van der Waals surface area contributed by atoms with Gasteiger partial charge in [0.05, 0.1) is 0 Å². The fourth-order valence-corrected chi connectivity index (χ4v) is 8.78. The maximum absolute atomic E-state index is 12.1. The standard InChI is InChI=1S/C32H52O3/c1-22(2)10-8-7-9-11-24-13-15-28-27-14-12-25-20-26(35-30(33)34-21-23(3)4)16-18-32(25,6)29(27)17-19-31(24,28)5/h12,22,24,26-29H,3,7-11,13-21H2,1-2,4-6H3/t24-,26-,27-,28+,29-,31+,32+/m0/s1. The van der Waals surface area contributed by atoms with Gasteiger partial charge in [-0.15, -0.1) is 0 Å². The molecule has 0 spiro atoms. The molecule has 4 aliphatic rings. The molecule has 4 aliphatic carbocycles. The molecular weight excluding hydrogens is 432 g/mol. The normalized spacial score (nSPS) is 38.2. The number of unbranched alkanes of at least 4 members (excludes halogenated alkanes) is 2. The second kappa shape index (κ2) is 11.0. The molecule has 0 aromatic heterocycles. The van der Waals surface area contributed by atoms with Crippen molar-refractivity contribution in [2.45, 2.75) is 124 Å². The van der Waals surface area contributed by atoms with Gasteiger partial charge in [0.1, 0.15) is 12.7 Å². The number of fused-ring (bicyclic) bond motifs is 5. The smallest absolute Gasteiger partial charge is 0.431 e. The van der Waals surface area contributed by atoms with E-state index in [1.165, 1.54) is 64.2 Å². The van der Waals surface area contributed by atoms with Crippen LogP contribution in [-0.4, -0.2) is 18.9 Å². The molecule has 0 N–H and O–H groups in total. The molecule has 4 rings (SSSR count). The Morgan fingerprint density at radius 2 is 1.89 bits per heavy atom. The highest BCUT2D eigenvalue weighted by Gasteiger charge is 2.58. The lowest BCUT2D eigenvalue weighted by molar-refractivity contribution is -0.0559. The van der Waals surface area contributed by atoms with Gasteiger partial charge in [-0.2, -0.15) is 0 Å². The summed E-state index contributed by atoms with van der Waals surface area (Å²) in [5.74, 6) is 4.36. The molecule has 35 heavy (non-hydrogen) atoms. The van der Waals surface area contributed by atoms with E-state index < -0.39 is 6.16 Å². The van der Waals surface area contributed by atoms with Crippen molar-refractivity contribution in [3.63, 3.8) is 0 Å². The first-order chi connectivity index (χ1) is 16.6. The number of allylic oxidation sites excluding steroid dienone is 1. The molecule has 0 radical (unpaired) electrons. The zero-order valence-electron chi connectivity index (χ0n) is 23.4. The molecule has 3 fully saturated rings. The summed E-state index contributed by atoms with van der Waals surface area (Å²) < 4.78 is 10.9. The van der Waals surface area contributed by atoms with Crippen molar-refractivity contribution in [1.29, 1.82) is 0 Å². The molecule has 0 saturated heterocycles. The summed E-state index contributed by atoms with van der Waals surface area (Å²) in [6.45, 7) is 15.8. The fraction of sp³-hybridized carbons (Fsp3) is 0.844. The van der Waals surface area contributed by atoms with E-state index in [2.05, 4.69) is 40.3 Å². The molecule has 198 valence electrons. The average molecular weight is 485 g/mol. The number of carbonyl (C=O) groups excluding carboxylic acids is 1. The Morgan fingerprint density at radius 1 is 1.09 bits per heavy atom. The Bertz CT molecular complexity index is 797. The molecule has 0 heterocycles. The monoisotopic (exact) mass is 484 g/mol. The maximum Gasteiger partial charge on any atom is 0.508 e. The summed E-state index contributed by atoms with van der Waals surface area (Å²) in [5, 5.41) is 0. The third-order valence-corrected chi connectivity index (χ3v) is 10.8. The lowest BCUT2D eigenvalue weighted by atomic mass is 9.47. The minimum absolute atomic E-state index is 0.0380. The van der Waals surface area contributed by atoms with Crippen LogP contribution in [0, 0.1) is 40.4 Å². The van der Waals surface area contributed by atoms with Crippen LogP contribution in [0.5, 0.6) is 0 Å². The number of rotatable bonds is 9. The van der Waals surface area contributed by atoms with E-state index in [9.17, 15) is 4.79 Å². The number of carbonyl (C=O) groups is 1. The maximum atomic E-state index is 12.1. The molecule has 3 heteroatoms. The first-order valence-corrected chi connectivity index (χ1v) is 14.8. The van der Waals surface area contributed by atoms with Crippen LogP contribution in [0.2, 0.25) is 0 Å². The summed E-state index contributed by atoms with van der Waals surface area (Å²) in [7, 11) is 0. The number of hydrogen-bond acceptors (Lipinski definition) is 3. The van der Waals surface area contributed by atoms with E-state index in [4.69, 9.17) is 9.47 Å². The summed E-state index contributed by atoms with van der Waals surface area (Å²) >= 11 is 0.